The summed E-state index contributed by atoms with van der Waals surface area (Å²) in [5.74, 6) is -0.875. The number of rotatable bonds is 7. The minimum atomic E-state index is -1.06. The highest BCUT2D eigenvalue weighted by Gasteiger charge is 2.57. The van der Waals surface area contributed by atoms with E-state index in [0.29, 0.717) is 36.5 Å². The van der Waals surface area contributed by atoms with Crippen LogP contribution >= 0.6 is 0 Å². The van der Waals surface area contributed by atoms with Gasteiger partial charge in [0, 0.05) is 0 Å². The van der Waals surface area contributed by atoms with Crippen LogP contribution in [0.4, 0.5) is 5.69 Å². The Morgan fingerprint density at radius 3 is 2.56 bits per heavy atom. The quantitative estimate of drug-likeness (QED) is 0.310. The standard InChI is InChI=1S/C27H30BNO7/c1-16(11-19-8-9-20(15-31)35-19)7-10-23-24-17(14-30)12-21-25(22(24)13-28(34)36-23)27(33)29(26(21)32)18-5-3-2-4-6-18/h2-6,8-9,11,21-23,25,30-31,34H,7,10,12-15H2,1H3/b16-11+/t21-,22+,23-,25-/m1/s1. The molecule has 2 saturated heterocycles. The van der Waals surface area contributed by atoms with Crippen LogP contribution in [0.25, 0.3) is 6.08 Å². The van der Waals surface area contributed by atoms with Crippen LogP contribution in [0, 0.1) is 17.8 Å². The van der Waals surface area contributed by atoms with Crippen LogP contribution in [0.3, 0.4) is 0 Å². The first-order valence-corrected chi connectivity index (χ1v) is 12.4. The lowest BCUT2D eigenvalue weighted by Crippen LogP contribution is -2.46. The molecular formula is C27H30BNO7. The first-order valence-electron chi connectivity index (χ1n) is 12.4. The number of carbonyl (C=O) groups is 2. The number of anilines is 1. The number of hydrogen-bond donors (Lipinski definition) is 3. The average Bonchev–Trinajstić information content (AvgIpc) is 3.43. The zero-order chi connectivity index (χ0) is 25.4. The molecular weight excluding hydrogens is 461 g/mol. The number of benzene rings is 1. The van der Waals surface area contributed by atoms with Gasteiger partial charge in [0.2, 0.25) is 11.8 Å². The summed E-state index contributed by atoms with van der Waals surface area (Å²) < 4.78 is 11.5. The van der Waals surface area contributed by atoms with E-state index in [2.05, 4.69) is 0 Å². The van der Waals surface area contributed by atoms with Gasteiger partial charge in [-0.1, -0.05) is 23.8 Å². The van der Waals surface area contributed by atoms with Gasteiger partial charge in [-0.3, -0.25) is 14.5 Å². The van der Waals surface area contributed by atoms with E-state index in [4.69, 9.17) is 9.07 Å². The van der Waals surface area contributed by atoms with Gasteiger partial charge < -0.3 is 24.3 Å². The summed E-state index contributed by atoms with van der Waals surface area (Å²) in [4.78, 5) is 28.2. The fraction of sp³-hybridized carbons (Fsp3) is 0.407. The third kappa shape index (κ3) is 4.48. The fourth-order valence-electron chi connectivity index (χ4n) is 5.97. The number of aliphatic hydroxyl groups excluding tert-OH is 2. The monoisotopic (exact) mass is 491 g/mol. The van der Waals surface area contributed by atoms with Gasteiger partial charge in [-0.15, -0.1) is 0 Å². The second kappa shape index (κ2) is 10.2. The molecule has 1 aliphatic carbocycles. The lowest BCUT2D eigenvalue weighted by molar-refractivity contribution is -0.122. The topological polar surface area (TPSA) is 120 Å². The van der Waals surface area contributed by atoms with E-state index < -0.39 is 25.1 Å². The first kappa shape index (κ1) is 24.7. The van der Waals surface area contributed by atoms with Crippen molar-refractivity contribution in [1.82, 2.24) is 0 Å². The van der Waals surface area contributed by atoms with Crippen LogP contribution in [-0.4, -0.2) is 46.9 Å². The molecule has 0 unspecified atom stereocenters. The molecule has 2 aromatic rings. The van der Waals surface area contributed by atoms with E-state index in [1.54, 1.807) is 36.4 Å². The molecule has 1 aromatic heterocycles. The third-order valence-corrected chi connectivity index (χ3v) is 7.54. The number of allylic oxidation sites excluding steroid dienone is 1. The number of aliphatic hydroxyl groups is 2. The second-order valence-corrected chi connectivity index (χ2v) is 9.81. The predicted molar refractivity (Wildman–Crippen MR) is 133 cm³/mol. The molecule has 0 bridgehead atoms. The summed E-state index contributed by atoms with van der Waals surface area (Å²) in [6, 6.07) is 12.4. The Kier molecular flexibility index (Phi) is 6.99. The molecule has 2 fully saturated rings. The highest BCUT2D eigenvalue weighted by atomic mass is 16.5. The van der Waals surface area contributed by atoms with Crippen molar-refractivity contribution in [2.24, 2.45) is 17.8 Å². The summed E-state index contributed by atoms with van der Waals surface area (Å²) >= 11 is 0. The highest BCUT2D eigenvalue weighted by molar-refractivity contribution is 6.43. The van der Waals surface area contributed by atoms with Crippen molar-refractivity contribution in [3.63, 3.8) is 0 Å². The van der Waals surface area contributed by atoms with Crippen LogP contribution < -0.4 is 4.90 Å². The van der Waals surface area contributed by atoms with Crippen molar-refractivity contribution >= 4 is 30.7 Å². The zero-order valence-corrected chi connectivity index (χ0v) is 20.2. The number of fused-ring (bicyclic) bond motifs is 3. The van der Waals surface area contributed by atoms with Crippen LogP contribution in [0.5, 0.6) is 0 Å². The Labute approximate surface area is 210 Å². The molecule has 3 N–H and O–H groups in total. The van der Waals surface area contributed by atoms with Crippen molar-refractivity contribution < 1.29 is 33.9 Å². The normalized spacial score (nSPS) is 26.5. The highest BCUT2D eigenvalue weighted by Crippen LogP contribution is 2.51. The summed E-state index contributed by atoms with van der Waals surface area (Å²) in [6.07, 6.45) is 3.13. The van der Waals surface area contributed by atoms with Crippen molar-refractivity contribution in [1.29, 1.82) is 0 Å². The molecule has 1 aromatic carbocycles. The van der Waals surface area contributed by atoms with Gasteiger partial charge in [0.25, 0.3) is 0 Å². The Morgan fingerprint density at radius 1 is 1.08 bits per heavy atom. The maximum absolute atomic E-state index is 13.6. The SMILES string of the molecule is C/C(=C\c1ccc(CO)o1)CC[C@H]1OB(O)C[C@H]2C1=C(CO)C[C@H]1C(=O)N(c3ccccc3)C(=O)[C@H]12. The molecule has 36 heavy (non-hydrogen) atoms. The Morgan fingerprint density at radius 2 is 1.86 bits per heavy atom. The van der Waals surface area contributed by atoms with Crippen LogP contribution in [0.1, 0.15) is 37.7 Å². The molecule has 0 radical (unpaired) electrons. The molecule has 3 heterocycles. The lowest BCUT2D eigenvalue weighted by Gasteiger charge is -2.42. The van der Waals surface area contributed by atoms with E-state index in [9.17, 15) is 24.8 Å². The van der Waals surface area contributed by atoms with Gasteiger partial charge in [-0.25, -0.2) is 0 Å². The molecule has 0 spiro atoms. The number of hydrogen-bond acceptors (Lipinski definition) is 7. The van der Waals surface area contributed by atoms with Gasteiger partial charge in [0.15, 0.2) is 0 Å². The largest absolute Gasteiger partial charge is 0.459 e. The number of amides is 2. The third-order valence-electron chi connectivity index (χ3n) is 7.54. The van der Waals surface area contributed by atoms with E-state index in [1.807, 2.05) is 19.1 Å². The Hall–Kier alpha value is -2.98. The molecule has 188 valence electrons. The second-order valence-electron chi connectivity index (χ2n) is 9.81. The van der Waals surface area contributed by atoms with Gasteiger partial charge in [0.05, 0.1) is 30.2 Å². The molecule has 8 nitrogen and oxygen atoms in total. The molecule has 5 rings (SSSR count). The maximum Gasteiger partial charge on any atom is 0.455 e. The molecule has 2 aliphatic heterocycles. The number of carbonyl (C=O) groups excluding carboxylic acids is 2. The van der Waals surface area contributed by atoms with Crippen LogP contribution in [0.15, 0.2) is 63.6 Å². The van der Waals surface area contributed by atoms with Crippen LogP contribution in [0.2, 0.25) is 6.32 Å². The molecule has 4 atom stereocenters. The van der Waals surface area contributed by atoms with Crippen molar-refractivity contribution in [2.75, 3.05) is 11.5 Å². The van der Waals surface area contributed by atoms with E-state index in [0.717, 1.165) is 16.7 Å². The van der Waals surface area contributed by atoms with Gasteiger partial charge in [-0.2, -0.15) is 0 Å². The first-order chi connectivity index (χ1) is 17.4. The smallest absolute Gasteiger partial charge is 0.455 e. The number of nitrogens with zero attached hydrogens (tertiary/aromatic N) is 1. The van der Waals surface area contributed by atoms with Crippen molar-refractivity contribution in [2.45, 2.75) is 45.2 Å². The minimum absolute atomic E-state index is 0.161. The van der Waals surface area contributed by atoms with Gasteiger partial charge >= 0.3 is 7.12 Å². The van der Waals surface area contributed by atoms with E-state index in [1.165, 1.54) is 4.90 Å². The summed E-state index contributed by atoms with van der Waals surface area (Å²) in [7, 11) is -1.06. The van der Waals surface area contributed by atoms with E-state index >= 15 is 0 Å². The van der Waals surface area contributed by atoms with Crippen molar-refractivity contribution in [3.8, 4) is 0 Å². The fourth-order valence-corrected chi connectivity index (χ4v) is 5.97. The van der Waals surface area contributed by atoms with E-state index in [-0.39, 0.29) is 37.3 Å². The lowest BCUT2D eigenvalue weighted by atomic mass is 9.58. The zero-order valence-electron chi connectivity index (χ0n) is 20.2. The number of para-hydroxylation sites is 1. The summed E-state index contributed by atoms with van der Waals surface area (Å²) in [5, 5.41) is 30.0. The van der Waals surface area contributed by atoms with Gasteiger partial charge in [0.1, 0.15) is 18.1 Å². The molecule has 0 saturated carbocycles. The van der Waals surface area contributed by atoms with Crippen LogP contribution in [-0.2, 0) is 20.9 Å². The molecule has 2 amide bonds. The van der Waals surface area contributed by atoms with Gasteiger partial charge in [-0.05, 0) is 79.9 Å². The number of imide groups is 1. The van der Waals surface area contributed by atoms with Crippen molar-refractivity contribution in [3.05, 3.63) is 70.7 Å². The Balaban J connectivity index is 1.40. The maximum atomic E-state index is 13.6. The summed E-state index contributed by atoms with van der Waals surface area (Å²) in [5.41, 5.74) is 3.15. The Bertz CT molecular complexity index is 1200. The molecule has 9 heteroatoms. The average molecular weight is 491 g/mol. The summed E-state index contributed by atoms with van der Waals surface area (Å²) in [6.45, 7) is 1.58. The number of furan rings is 1. The predicted octanol–water partition coefficient (Wildman–Crippen LogP) is 2.95. The molecule has 3 aliphatic rings. The minimum Gasteiger partial charge on any atom is -0.459 e.